The van der Waals surface area contributed by atoms with Gasteiger partial charge in [0.15, 0.2) is 15.6 Å². The lowest BCUT2D eigenvalue weighted by Gasteiger charge is -2.15. The Kier molecular flexibility index (Phi) is 11.7. The summed E-state index contributed by atoms with van der Waals surface area (Å²) in [6, 6.07) is 11.6. The second-order valence-electron chi connectivity index (χ2n) is 10.8. The molecule has 0 radical (unpaired) electrons. The van der Waals surface area contributed by atoms with Crippen LogP contribution in [-0.4, -0.2) is 92.7 Å². The Morgan fingerprint density at radius 1 is 0.661 bits per heavy atom. The molecule has 0 bridgehead atoms. The summed E-state index contributed by atoms with van der Waals surface area (Å²) in [7, 11) is -24.6. The largest absolute Gasteiger partial charge is 0.505 e. The monoisotopic (exact) mass is 895 g/mol. The number of anilines is 4. The van der Waals surface area contributed by atoms with E-state index in [0.29, 0.717) is 12.1 Å². The van der Waals surface area contributed by atoms with Crippen LogP contribution >= 0.6 is 11.6 Å². The third-order valence-electron chi connectivity index (χ3n) is 7.01. The van der Waals surface area contributed by atoms with Gasteiger partial charge >= 0.3 is 10.4 Å². The fraction of sp³-hybridized carbons (Fsp3) is 0.0741. The van der Waals surface area contributed by atoms with Crippen LogP contribution in [-0.2, 0) is 54.8 Å². The summed E-state index contributed by atoms with van der Waals surface area (Å²) in [5, 5.41) is 22.2. The molecule has 5 rings (SSSR count). The Morgan fingerprint density at radius 3 is 1.82 bits per heavy atom. The van der Waals surface area contributed by atoms with Crippen molar-refractivity contribution in [3.05, 3.63) is 72.0 Å². The number of hydrogen-bond acceptors (Lipinski definition) is 19. The predicted molar refractivity (Wildman–Crippen MR) is 193 cm³/mol. The minimum atomic E-state index is -5.34. The number of sulfone groups is 1. The number of aromatic nitrogens is 3. The molecule has 0 amide bonds. The van der Waals surface area contributed by atoms with Crippen molar-refractivity contribution in [1.82, 2.24) is 15.0 Å². The van der Waals surface area contributed by atoms with Gasteiger partial charge in [-0.2, -0.15) is 48.6 Å². The number of fused-ring (bicyclic) bond motifs is 1. The standard InChI is InChI=1S/C27H22ClN7O16S5/c28-25-31-26(29-16-5-1-3-7-19(16)52(37,38)10-9-51-56(48,49)50)33-27(32-25)30-18-13-15(53(39,40)41)11-14-12-21(55(45,46)47)23(24(36)22(14)18)35-34-17-6-2-4-8-20(17)54(42,43)44/h1-8,11-13,36H,9-10H2,(H,39,40,41)(H,42,43,44)(H,45,46,47)(H,48,49,50)(H2,29,30,31,32,33). The van der Waals surface area contributed by atoms with Crippen LogP contribution in [0.2, 0.25) is 5.28 Å². The number of benzene rings is 4. The summed E-state index contributed by atoms with van der Waals surface area (Å²) in [5.74, 6) is -3.08. The van der Waals surface area contributed by atoms with Gasteiger partial charge in [-0.25, -0.2) is 12.6 Å². The summed E-state index contributed by atoms with van der Waals surface area (Å²) in [4.78, 5) is 8.46. The van der Waals surface area contributed by atoms with E-state index < -0.39 is 133 Å². The van der Waals surface area contributed by atoms with Gasteiger partial charge in [-0.3, -0.25) is 18.2 Å². The summed E-state index contributed by atoms with van der Waals surface area (Å²) < 4.78 is 163. The number of aromatic hydroxyl groups is 1. The molecule has 23 nitrogen and oxygen atoms in total. The molecular formula is C27H22ClN7O16S5. The van der Waals surface area contributed by atoms with E-state index >= 15 is 0 Å². The minimum absolute atomic E-state index is 0.188. The van der Waals surface area contributed by atoms with Crippen LogP contribution in [0.4, 0.5) is 34.6 Å². The number of nitrogens with zero attached hydrogens (tertiary/aromatic N) is 5. The Balaban J connectivity index is 1.64. The molecule has 29 heteroatoms. The third-order valence-corrected chi connectivity index (χ3v) is 12.0. The van der Waals surface area contributed by atoms with E-state index in [1.54, 1.807) is 0 Å². The highest BCUT2D eigenvalue weighted by Gasteiger charge is 2.27. The second-order valence-corrected chi connectivity index (χ2v) is 18.5. The van der Waals surface area contributed by atoms with Gasteiger partial charge in [-0.1, -0.05) is 24.3 Å². The maximum absolute atomic E-state index is 13.0. The molecule has 0 aliphatic carbocycles. The summed E-state index contributed by atoms with van der Waals surface area (Å²) >= 11 is 6.09. The van der Waals surface area contributed by atoms with E-state index in [9.17, 15) is 60.9 Å². The fourth-order valence-corrected chi connectivity index (χ4v) is 8.41. The predicted octanol–water partition coefficient (Wildman–Crippen LogP) is 3.62. The van der Waals surface area contributed by atoms with Gasteiger partial charge in [0.2, 0.25) is 17.2 Å². The van der Waals surface area contributed by atoms with Crippen LogP contribution in [0.25, 0.3) is 10.8 Å². The Labute approximate surface area is 321 Å². The van der Waals surface area contributed by atoms with Gasteiger partial charge in [-0.05, 0) is 59.5 Å². The zero-order valence-corrected chi connectivity index (χ0v) is 32.0. The number of hydrogen-bond donors (Lipinski definition) is 7. The van der Waals surface area contributed by atoms with Crippen LogP contribution < -0.4 is 10.6 Å². The van der Waals surface area contributed by atoms with E-state index in [-0.39, 0.29) is 5.69 Å². The van der Waals surface area contributed by atoms with Crippen molar-refractivity contribution < 1.29 is 69.6 Å². The van der Waals surface area contributed by atoms with Crippen molar-refractivity contribution in [3.8, 4) is 5.75 Å². The molecule has 4 aromatic carbocycles. The molecule has 56 heavy (non-hydrogen) atoms. The lowest BCUT2D eigenvalue weighted by molar-refractivity contribution is 0.284. The van der Waals surface area contributed by atoms with Crippen LogP contribution in [0.3, 0.4) is 0 Å². The van der Waals surface area contributed by atoms with Gasteiger partial charge in [0.25, 0.3) is 30.4 Å². The lowest BCUT2D eigenvalue weighted by atomic mass is 10.1. The van der Waals surface area contributed by atoms with Gasteiger partial charge in [0.1, 0.15) is 21.2 Å². The van der Waals surface area contributed by atoms with E-state index in [1.165, 1.54) is 30.3 Å². The van der Waals surface area contributed by atoms with Crippen LogP contribution in [0.15, 0.2) is 96.5 Å². The maximum atomic E-state index is 13.0. The van der Waals surface area contributed by atoms with Crippen molar-refractivity contribution in [3.63, 3.8) is 0 Å². The molecule has 0 fully saturated rings. The first-order valence-corrected chi connectivity index (χ1v) is 22.2. The quantitative estimate of drug-likeness (QED) is 0.0618. The van der Waals surface area contributed by atoms with Crippen molar-refractivity contribution >= 4 is 108 Å². The Morgan fingerprint density at radius 2 is 1.23 bits per heavy atom. The van der Waals surface area contributed by atoms with Crippen molar-refractivity contribution in [1.29, 1.82) is 0 Å². The first kappa shape index (κ1) is 42.1. The van der Waals surface area contributed by atoms with E-state index in [4.69, 9.17) is 16.2 Å². The second kappa shape index (κ2) is 15.5. The molecule has 5 aromatic rings. The molecule has 0 aliphatic rings. The van der Waals surface area contributed by atoms with E-state index in [0.717, 1.165) is 24.3 Å². The first-order chi connectivity index (χ1) is 25.8. The van der Waals surface area contributed by atoms with Crippen LogP contribution in [0, 0.1) is 0 Å². The lowest BCUT2D eigenvalue weighted by Crippen LogP contribution is -2.16. The summed E-state index contributed by atoms with van der Waals surface area (Å²) in [5.41, 5.74) is -2.27. The Bertz CT molecular complexity index is 3010. The van der Waals surface area contributed by atoms with Crippen LogP contribution in [0.5, 0.6) is 5.75 Å². The number of nitrogens with one attached hydrogen (secondary N) is 2. The van der Waals surface area contributed by atoms with Crippen molar-refractivity contribution in [2.75, 3.05) is 23.0 Å². The van der Waals surface area contributed by atoms with Gasteiger partial charge < -0.3 is 15.7 Å². The number of para-hydroxylation sites is 1. The normalized spacial score (nSPS) is 12.9. The zero-order chi connectivity index (χ0) is 41.4. The van der Waals surface area contributed by atoms with E-state index in [2.05, 4.69) is 40.0 Å². The number of azo groups is 1. The minimum Gasteiger partial charge on any atom is -0.505 e. The van der Waals surface area contributed by atoms with Gasteiger partial charge in [0.05, 0.1) is 33.5 Å². The smallest absolute Gasteiger partial charge is 0.397 e. The Hall–Kier alpha value is -5.01. The highest BCUT2D eigenvalue weighted by Crippen LogP contribution is 2.46. The van der Waals surface area contributed by atoms with Crippen molar-refractivity contribution in [2.24, 2.45) is 10.2 Å². The number of phenols is 1. The molecule has 1 heterocycles. The van der Waals surface area contributed by atoms with Gasteiger partial charge in [-0.15, -0.1) is 10.2 Å². The summed E-state index contributed by atoms with van der Waals surface area (Å²) in [6.07, 6.45) is 0. The SMILES string of the molecule is O=S(=O)(O)OCCS(=O)(=O)c1ccccc1Nc1nc(Cl)nc(Nc2cc(S(=O)(=O)O)cc3cc(S(=O)(=O)O)c(N=Nc4ccccc4S(=O)(=O)O)c(O)c23)n1. The molecule has 298 valence electrons. The molecule has 0 spiro atoms. The number of halogens is 1. The molecule has 1 aromatic heterocycles. The fourth-order valence-electron chi connectivity index (χ4n) is 4.77. The maximum Gasteiger partial charge on any atom is 0.397 e. The van der Waals surface area contributed by atoms with Crippen LogP contribution in [0.1, 0.15) is 0 Å². The molecule has 0 aliphatic heterocycles. The highest BCUT2D eigenvalue weighted by atomic mass is 35.5. The third kappa shape index (κ3) is 10.0. The average Bonchev–Trinajstić information content (AvgIpc) is 3.05. The molecule has 0 atom stereocenters. The molecular weight excluding hydrogens is 874 g/mol. The van der Waals surface area contributed by atoms with Gasteiger partial charge in [0, 0.05) is 5.39 Å². The molecule has 0 saturated carbocycles. The molecule has 0 unspecified atom stereocenters. The average molecular weight is 896 g/mol. The topological polar surface area (TPSA) is 369 Å². The molecule has 7 N–H and O–H groups in total. The number of phenolic OH excluding ortho intramolecular Hbond substituents is 1. The van der Waals surface area contributed by atoms with E-state index in [1.807, 2.05) is 0 Å². The molecule has 0 saturated heterocycles. The highest BCUT2D eigenvalue weighted by molar-refractivity contribution is 7.91. The van der Waals surface area contributed by atoms with Crippen molar-refractivity contribution in [2.45, 2.75) is 19.6 Å². The number of rotatable bonds is 14. The first-order valence-electron chi connectivity index (χ1n) is 14.5. The summed E-state index contributed by atoms with van der Waals surface area (Å²) in [6.45, 7) is -0.947. The zero-order valence-electron chi connectivity index (χ0n) is 27.1.